The first kappa shape index (κ1) is 23.0. The van der Waals surface area contributed by atoms with Crippen molar-refractivity contribution in [1.29, 1.82) is 0 Å². The van der Waals surface area contributed by atoms with Crippen molar-refractivity contribution < 1.29 is 20.1 Å². The Hall–Kier alpha value is -2.04. The molecule has 0 aromatic heterocycles. The first-order valence-corrected chi connectivity index (χ1v) is 14.2. The van der Waals surface area contributed by atoms with E-state index in [0.717, 1.165) is 8.70 Å². The van der Waals surface area contributed by atoms with Gasteiger partial charge in [-0.1, -0.05) is 0 Å². The van der Waals surface area contributed by atoms with Crippen LogP contribution >= 0.6 is 31.9 Å². The second kappa shape index (κ2) is 9.25. The van der Waals surface area contributed by atoms with Crippen molar-refractivity contribution in [1.82, 2.24) is 0 Å². The number of halogens is 2. The first-order chi connectivity index (χ1) is 12.4. The first-order valence-electron chi connectivity index (χ1n) is 6.94. The van der Waals surface area contributed by atoms with E-state index in [0.29, 0.717) is 8.95 Å². The van der Waals surface area contributed by atoms with Gasteiger partial charge in [-0.3, -0.25) is 0 Å². The van der Waals surface area contributed by atoms with Crippen LogP contribution in [0.25, 0.3) is 0 Å². The Balaban J connectivity index is 0.000000828. The minimum Gasteiger partial charge on any atom is -0.328 e. The predicted molar refractivity (Wildman–Crippen MR) is 107 cm³/mol. The fraction of sp³-hybridized carbons (Fsp3) is 0.143. The fourth-order valence-corrected chi connectivity index (χ4v) is 7.28. The van der Waals surface area contributed by atoms with Crippen LogP contribution in [0.15, 0.2) is 45.3 Å². The van der Waals surface area contributed by atoms with Gasteiger partial charge in [0.05, 0.1) is 0 Å². The Labute approximate surface area is 172 Å². The summed E-state index contributed by atoms with van der Waals surface area (Å²) in [6.07, 6.45) is 0. The fourth-order valence-electron chi connectivity index (χ4n) is 2.13. The summed E-state index contributed by atoms with van der Waals surface area (Å²) in [5, 5.41) is 35.9. The molecule has 0 fully saturated rings. The van der Waals surface area contributed by atoms with Gasteiger partial charge >= 0.3 is 152 Å². The third-order valence-electron chi connectivity index (χ3n) is 3.54. The molecule has 0 heterocycles. The summed E-state index contributed by atoms with van der Waals surface area (Å²) >= 11 is 3.65. The molecule has 0 aliphatic carbocycles. The smallest absolute Gasteiger partial charge is 0.291 e. The van der Waals surface area contributed by atoms with Gasteiger partial charge in [-0.25, -0.2) is 0 Å². The molecule has 0 radical (unpaired) electrons. The van der Waals surface area contributed by atoms with Crippen LogP contribution in [0, 0.1) is 30.3 Å². The molecule has 2 rings (SSSR count). The van der Waals surface area contributed by atoms with Gasteiger partial charge in [-0.05, 0) is 0 Å². The van der Waals surface area contributed by atoms with Crippen LogP contribution in [0.3, 0.4) is 0 Å². The molecule has 2 aromatic rings. The monoisotopic (exact) mass is 568 g/mol. The molecule has 0 atom stereocenters. The van der Waals surface area contributed by atoms with Crippen LogP contribution in [0.2, 0.25) is 11.4 Å². The number of benzene rings is 2. The van der Waals surface area contributed by atoms with E-state index in [1.165, 1.54) is 0 Å². The topological polar surface area (TPSA) is 150 Å². The molecule has 0 unspecified atom stereocenters. The van der Waals surface area contributed by atoms with Crippen molar-refractivity contribution in [3.8, 4) is 0 Å². The van der Waals surface area contributed by atoms with Gasteiger partial charge < -0.3 is 5.21 Å². The third-order valence-corrected chi connectivity index (χ3v) is 11.5. The third kappa shape index (κ3) is 5.98. The molecular formula is C14H13AsBr2N3O7+. The van der Waals surface area contributed by atoms with Gasteiger partial charge in [0, 0.05) is 0 Å². The van der Waals surface area contributed by atoms with Gasteiger partial charge in [0.2, 0.25) is 0 Å². The molecule has 0 aliphatic heterocycles. The molecule has 10 nitrogen and oxygen atoms in total. The van der Waals surface area contributed by atoms with E-state index in [1.807, 2.05) is 23.6 Å². The van der Waals surface area contributed by atoms with Crippen molar-refractivity contribution in [2.45, 2.75) is 11.4 Å². The second-order valence-electron chi connectivity index (χ2n) is 5.48. The van der Waals surface area contributed by atoms with Gasteiger partial charge in [0.15, 0.2) is 0 Å². The van der Waals surface area contributed by atoms with Gasteiger partial charge in [0.25, 0.3) is 5.09 Å². The maximum atomic E-state index is 11.1. The summed E-state index contributed by atoms with van der Waals surface area (Å²) in [5.41, 5.74) is 4.09. The number of nitrogens with zero attached hydrogens (tertiary/aromatic N) is 3. The Morgan fingerprint density at radius 3 is 1.37 bits per heavy atom. The molecule has 0 amide bonds. The molecule has 13 heteroatoms. The van der Waals surface area contributed by atoms with E-state index in [-0.39, 0.29) is 11.4 Å². The summed E-state index contributed by atoms with van der Waals surface area (Å²) in [6, 6.07) is 10.1. The van der Waals surface area contributed by atoms with Crippen LogP contribution < -0.4 is 8.70 Å². The van der Waals surface area contributed by atoms with Gasteiger partial charge in [-0.15, -0.1) is 10.1 Å². The number of hydrogen-bond donors (Lipinski definition) is 1. The summed E-state index contributed by atoms with van der Waals surface area (Å²) in [6.45, 7) is 0. The van der Waals surface area contributed by atoms with E-state index >= 15 is 0 Å². The van der Waals surface area contributed by atoms with Crippen molar-refractivity contribution in [2.75, 3.05) is 0 Å². The zero-order chi connectivity index (χ0) is 20.9. The largest absolute Gasteiger partial charge is 0.328 e. The molecule has 0 spiro atoms. The normalized spacial score (nSPS) is 10.5. The van der Waals surface area contributed by atoms with Crippen LogP contribution in [-0.2, 0) is 0 Å². The average molecular weight is 570 g/mol. The van der Waals surface area contributed by atoms with Gasteiger partial charge in [-0.2, -0.15) is 0 Å². The Morgan fingerprint density at radius 1 is 0.815 bits per heavy atom. The molecule has 0 aliphatic rings. The second-order valence-corrected chi connectivity index (χ2v) is 15.5. The Bertz CT molecular complexity index is 839. The zero-order valence-electron chi connectivity index (χ0n) is 13.9. The summed E-state index contributed by atoms with van der Waals surface area (Å²) in [7, 11) is 0. The number of nitro groups is 2. The number of rotatable bonds is 4. The standard InChI is InChI=1S/C14H12AsBr2N2O4.HNO3/c1-15(2,9-3-5-11(16)13(7-9)18(20)21)10-4-6-12(17)14(8-10)19(22)23;2-1(3)4/h3-8H,1-2H3;(H,2,3,4)/q+1;. The minimum atomic E-state index is -2.71. The molecule has 27 heavy (non-hydrogen) atoms. The van der Waals surface area contributed by atoms with Crippen molar-refractivity contribution >= 4 is 65.5 Å². The van der Waals surface area contributed by atoms with E-state index in [4.69, 9.17) is 15.3 Å². The predicted octanol–water partition coefficient (Wildman–Crippen LogP) is 3.50. The van der Waals surface area contributed by atoms with Crippen LogP contribution in [0.4, 0.5) is 11.4 Å². The molecule has 1 N–H and O–H groups in total. The summed E-state index contributed by atoms with van der Waals surface area (Å²) < 4.78 is 2.58. The van der Waals surface area contributed by atoms with Crippen LogP contribution in [0.5, 0.6) is 0 Å². The molecule has 0 saturated carbocycles. The number of nitro benzene ring substituents is 2. The summed E-state index contributed by atoms with van der Waals surface area (Å²) in [5.74, 6) is 0. The summed E-state index contributed by atoms with van der Waals surface area (Å²) in [4.78, 5) is 29.7. The SMILES string of the molecule is C[As+](C)(c1ccc(Br)c([N+](=O)[O-])c1)c1ccc(Br)c([N+](=O)[O-])c1.O=[N+]([O-])O. The van der Waals surface area contributed by atoms with Crippen molar-refractivity contribution in [3.05, 3.63) is 75.7 Å². The molecule has 0 saturated heterocycles. The number of hydrogen-bond acceptors (Lipinski definition) is 6. The molecule has 2 aromatic carbocycles. The van der Waals surface area contributed by atoms with Crippen molar-refractivity contribution in [2.24, 2.45) is 0 Å². The maximum Gasteiger partial charge on any atom is 0.291 e. The van der Waals surface area contributed by atoms with E-state index in [2.05, 4.69) is 31.9 Å². The molecule has 144 valence electrons. The van der Waals surface area contributed by atoms with Crippen LogP contribution in [0.1, 0.15) is 0 Å². The van der Waals surface area contributed by atoms with Gasteiger partial charge in [0.1, 0.15) is 0 Å². The molecular weight excluding hydrogens is 557 g/mol. The van der Waals surface area contributed by atoms with E-state index < -0.39 is 28.5 Å². The van der Waals surface area contributed by atoms with Crippen molar-refractivity contribution in [3.63, 3.8) is 0 Å². The van der Waals surface area contributed by atoms with E-state index in [9.17, 15) is 20.2 Å². The average Bonchev–Trinajstić information content (AvgIpc) is 2.54. The molecule has 0 bridgehead atoms. The maximum absolute atomic E-state index is 11.1. The van der Waals surface area contributed by atoms with Crippen LogP contribution in [-0.4, -0.2) is 33.7 Å². The Morgan fingerprint density at radius 2 is 1.11 bits per heavy atom. The Kier molecular flexibility index (Phi) is 7.88. The van der Waals surface area contributed by atoms with E-state index in [1.54, 1.807) is 24.3 Å². The zero-order valence-corrected chi connectivity index (χ0v) is 19.0. The quantitative estimate of drug-likeness (QED) is 0.336. The minimum absolute atomic E-state index is 0.00333.